The highest BCUT2D eigenvalue weighted by Gasteiger charge is 2.22. The molecule has 0 heterocycles. The van der Waals surface area contributed by atoms with Gasteiger partial charge in [-0.25, -0.2) is 13.2 Å². The van der Waals surface area contributed by atoms with Crippen molar-refractivity contribution in [1.82, 2.24) is 0 Å². The number of carbonyl (C=O) groups excluding carboxylic acids is 1. The van der Waals surface area contributed by atoms with E-state index in [1.165, 1.54) is 12.1 Å². The average molecular weight is 345 g/mol. The van der Waals surface area contributed by atoms with Crippen molar-refractivity contribution in [2.24, 2.45) is 16.5 Å². The summed E-state index contributed by atoms with van der Waals surface area (Å²) in [6.07, 6.45) is 3.02. The van der Waals surface area contributed by atoms with Crippen LogP contribution in [-0.4, -0.2) is 11.9 Å². The lowest BCUT2D eigenvalue weighted by atomic mass is 9.85. The molecule has 0 unspecified atom stereocenters. The van der Waals surface area contributed by atoms with Crippen LogP contribution in [0.5, 0.6) is 0 Å². The highest BCUT2D eigenvalue weighted by atomic mass is 19.2. The first-order valence-corrected chi connectivity index (χ1v) is 7.49. The van der Waals surface area contributed by atoms with Gasteiger partial charge in [0.25, 0.3) is 5.91 Å². The van der Waals surface area contributed by atoms with Crippen LogP contribution in [-0.2, 0) is 6.42 Å². The molecule has 4 N–H and O–H groups in total. The zero-order chi connectivity index (χ0) is 18.1. The standard InChI is InChI=1S/C18H14F3N3O/c19-14-7-6-12(15(20)16(14)21)11-3-1-2-9-4-5-10(8-13(9)11)17(25)24-18(22)23/h3-8H,1-2H2,(H4,22,23,24,25). The number of benzene rings is 2. The van der Waals surface area contributed by atoms with Gasteiger partial charge in [0.05, 0.1) is 0 Å². The third-order valence-corrected chi connectivity index (χ3v) is 3.97. The molecule has 1 aliphatic carbocycles. The van der Waals surface area contributed by atoms with E-state index in [0.717, 1.165) is 11.6 Å². The lowest BCUT2D eigenvalue weighted by Crippen LogP contribution is -2.24. The van der Waals surface area contributed by atoms with Gasteiger partial charge in [-0.2, -0.15) is 4.99 Å². The summed E-state index contributed by atoms with van der Waals surface area (Å²) in [6.45, 7) is 0. The van der Waals surface area contributed by atoms with Gasteiger partial charge in [-0.1, -0.05) is 12.1 Å². The Bertz CT molecular complexity index is 931. The molecular weight excluding hydrogens is 331 g/mol. The summed E-state index contributed by atoms with van der Waals surface area (Å²) in [4.78, 5) is 15.5. The van der Waals surface area contributed by atoms with E-state index in [1.807, 2.05) is 0 Å². The van der Waals surface area contributed by atoms with Gasteiger partial charge in [0.15, 0.2) is 23.4 Å². The minimum absolute atomic E-state index is 0.0636. The van der Waals surface area contributed by atoms with E-state index in [1.54, 1.807) is 18.2 Å². The van der Waals surface area contributed by atoms with Crippen LogP contribution in [0.15, 0.2) is 41.4 Å². The number of nitrogens with zero attached hydrogens (tertiary/aromatic N) is 1. The van der Waals surface area contributed by atoms with E-state index in [-0.39, 0.29) is 17.1 Å². The second-order valence-corrected chi connectivity index (χ2v) is 5.59. The normalized spacial score (nSPS) is 13.0. The molecule has 7 heteroatoms. The van der Waals surface area contributed by atoms with Crippen molar-refractivity contribution in [3.05, 3.63) is 76.1 Å². The molecular formula is C18H14F3N3O. The zero-order valence-electron chi connectivity index (χ0n) is 13.0. The summed E-state index contributed by atoms with van der Waals surface area (Å²) in [5.41, 5.74) is 12.4. The molecule has 0 fully saturated rings. The van der Waals surface area contributed by atoms with E-state index < -0.39 is 23.4 Å². The van der Waals surface area contributed by atoms with Gasteiger partial charge in [-0.3, -0.25) is 4.79 Å². The lowest BCUT2D eigenvalue weighted by molar-refractivity contribution is 0.100. The topological polar surface area (TPSA) is 81.5 Å². The van der Waals surface area contributed by atoms with Gasteiger partial charge in [0, 0.05) is 11.1 Å². The fourth-order valence-electron chi connectivity index (χ4n) is 2.83. The molecule has 0 saturated carbocycles. The molecule has 3 rings (SSSR count). The van der Waals surface area contributed by atoms with Crippen molar-refractivity contribution in [3.8, 4) is 0 Å². The zero-order valence-corrected chi connectivity index (χ0v) is 13.0. The fraction of sp³-hybridized carbons (Fsp3) is 0.111. The van der Waals surface area contributed by atoms with Crippen molar-refractivity contribution < 1.29 is 18.0 Å². The highest BCUT2D eigenvalue weighted by molar-refractivity contribution is 6.02. The number of aryl methyl sites for hydroxylation is 1. The Hall–Kier alpha value is -3.09. The predicted octanol–water partition coefficient (Wildman–Crippen LogP) is 2.90. The van der Waals surface area contributed by atoms with Crippen molar-refractivity contribution in [2.45, 2.75) is 12.8 Å². The first-order chi connectivity index (χ1) is 11.9. The molecule has 4 nitrogen and oxygen atoms in total. The van der Waals surface area contributed by atoms with Crippen molar-refractivity contribution in [1.29, 1.82) is 0 Å². The van der Waals surface area contributed by atoms with E-state index >= 15 is 0 Å². The van der Waals surface area contributed by atoms with Crippen LogP contribution < -0.4 is 11.5 Å². The Kier molecular flexibility index (Phi) is 4.31. The molecule has 0 atom stereocenters. The molecule has 0 spiro atoms. The average Bonchev–Trinajstić information content (AvgIpc) is 2.58. The van der Waals surface area contributed by atoms with Crippen LogP contribution in [0, 0.1) is 17.5 Å². The Morgan fingerprint density at radius 3 is 2.48 bits per heavy atom. The maximum absolute atomic E-state index is 14.2. The summed E-state index contributed by atoms with van der Waals surface area (Å²) >= 11 is 0. The van der Waals surface area contributed by atoms with Crippen molar-refractivity contribution >= 4 is 17.4 Å². The van der Waals surface area contributed by atoms with Crippen molar-refractivity contribution in [3.63, 3.8) is 0 Å². The molecule has 0 aliphatic heterocycles. The van der Waals surface area contributed by atoms with Crippen LogP contribution in [0.25, 0.3) is 5.57 Å². The van der Waals surface area contributed by atoms with E-state index in [2.05, 4.69) is 4.99 Å². The second kappa shape index (κ2) is 6.43. The van der Waals surface area contributed by atoms with Crippen LogP contribution >= 0.6 is 0 Å². The number of nitrogens with two attached hydrogens (primary N) is 2. The molecule has 1 aliphatic rings. The first kappa shape index (κ1) is 16.8. The van der Waals surface area contributed by atoms with Crippen LogP contribution in [0.2, 0.25) is 0 Å². The number of carbonyl (C=O) groups is 1. The molecule has 0 radical (unpaired) electrons. The monoisotopic (exact) mass is 345 g/mol. The third-order valence-electron chi connectivity index (χ3n) is 3.97. The molecule has 0 saturated heterocycles. The van der Waals surface area contributed by atoms with Gasteiger partial charge in [-0.05, 0) is 53.8 Å². The number of aliphatic imine (C=N–C) groups is 1. The Morgan fingerprint density at radius 2 is 1.76 bits per heavy atom. The predicted molar refractivity (Wildman–Crippen MR) is 88.3 cm³/mol. The summed E-state index contributed by atoms with van der Waals surface area (Å²) in [5.74, 6) is -5.06. The van der Waals surface area contributed by atoms with Crippen LogP contribution in [0.1, 0.15) is 33.5 Å². The second-order valence-electron chi connectivity index (χ2n) is 5.59. The maximum Gasteiger partial charge on any atom is 0.280 e. The SMILES string of the molecule is NC(N)=NC(=O)c1ccc2c(c1)C(c1ccc(F)c(F)c1F)=CCC2. The Balaban J connectivity index is 2.12. The number of allylic oxidation sites excluding steroid dienone is 1. The third kappa shape index (κ3) is 3.13. The molecule has 2 aromatic rings. The molecule has 0 aromatic heterocycles. The number of halogens is 3. The molecule has 2 aromatic carbocycles. The van der Waals surface area contributed by atoms with Crippen LogP contribution in [0.4, 0.5) is 13.2 Å². The van der Waals surface area contributed by atoms with Crippen LogP contribution in [0.3, 0.4) is 0 Å². The van der Waals surface area contributed by atoms with Gasteiger partial charge < -0.3 is 11.5 Å². The lowest BCUT2D eigenvalue weighted by Gasteiger charge is -2.19. The summed E-state index contributed by atoms with van der Waals surface area (Å²) in [6, 6.07) is 6.86. The fourth-order valence-corrected chi connectivity index (χ4v) is 2.83. The number of amides is 1. The minimum atomic E-state index is -1.53. The molecule has 25 heavy (non-hydrogen) atoms. The highest BCUT2D eigenvalue weighted by Crippen LogP contribution is 2.34. The quantitative estimate of drug-likeness (QED) is 0.499. The number of rotatable bonds is 2. The molecule has 1 amide bonds. The number of hydrogen-bond acceptors (Lipinski definition) is 1. The largest absolute Gasteiger partial charge is 0.370 e. The summed E-state index contributed by atoms with van der Waals surface area (Å²) in [5, 5.41) is 0. The maximum atomic E-state index is 14.2. The number of fused-ring (bicyclic) bond motifs is 1. The summed E-state index contributed by atoms with van der Waals surface area (Å²) in [7, 11) is 0. The van der Waals surface area contributed by atoms with Gasteiger partial charge in [0.1, 0.15) is 0 Å². The van der Waals surface area contributed by atoms with E-state index in [4.69, 9.17) is 11.5 Å². The Morgan fingerprint density at radius 1 is 1.00 bits per heavy atom. The number of hydrogen-bond donors (Lipinski definition) is 2. The van der Waals surface area contributed by atoms with E-state index in [0.29, 0.717) is 24.0 Å². The number of guanidine groups is 1. The first-order valence-electron chi connectivity index (χ1n) is 7.49. The Labute approximate surface area is 141 Å². The molecule has 128 valence electrons. The smallest absolute Gasteiger partial charge is 0.280 e. The van der Waals surface area contributed by atoms with E-state index in [9.17, 15) is 18.0 Å². The van der Waals surface area contributed by atoms with Gasteiger partial charge >= 0.3 is 0 Å². The van der Waals surface area contributed by atoms with Gasteiger partial charge in [-0.15, -0.1) is 0 Å². The molecule has 0 bridgehead atoms. The minimum Gasteiger partial charge on any atom is -0.370 e. The van der Waals surface area contributed by atoms with Crippen molar-refractivity contribution in [2.75, 3.05) is 0 Å². The summed E-state index contributed by atoms with van der Waals surface area (Å²) < 4.78 is 41.0. The van der Waals surface area contributed by atoms with Gasteiger partial charge in [0.2, 0.25) is 0 Å².